The zero-order valence-electron chi connectivity index (χ0n) is 13.2. The Morgan fingerprint density at radius 1 is 1.25 bits per heavy atom. The third-order valence-corrected chi connectivity index (χ3v) is 5.58. The Morgan fingerprint density at radius 2 is 2.00 bits per heavy atom. The number of piperidine rings is 1. The van der Waals surface area contributed by atoms with Gasteiger partial charge in [0.15, 0.2) is 0 Å². The molecule has 1 aromatic heterocycles. The van der Waals surface area contributed by atoms with Crippen molar-refractivity contribution in [1.82, 2.24) is 9.80 Å². The minimum Gasteiger partial charge on any atom is -0.339 e. The van der Waals surface area contributed by atoms with Crippen LogP contribution in [0.5, 0.6) is 0 Å². The molecule has 2 atom stereocenters. The van der Waals surface area contributed by atoms with E-state index in [-0.39, 0.29) is 22.9 Å². The highest BCUT2D eigenvalue weighted by atomic mass is 32.1. The van der Waals surface area contributed by atoms with Crippen LogP contribution in [-0.2, 0) is 4.79 Å². The minimum atomic E-state index is -0.511. The molecule has 2 amide bonds. The maximum absolute atomic E-state index is 12.8. The van der Waals surface area contributed by atoms with Crippen LogP contribution in [0.15, 0.2) is 12.1 Å². The van der Waals surface area contributed by atoms with Gasteiger partial charge in [-0.05, 0) is 31.7 Å². The molecule has 2 aliphatic heterocycles. The summed E-state index contributed by atoms with van der Waals surface area (Å²) in [6, 6.07) is 2.30. The summed E-state index contributed by atoms with van der Waals surface area (Å²) in [5, 5.41) is 10.7. The fourth-order valence-corrected chi connectivity index (χ4v) is 4.15. The first-order valence-corrected chi connectivity index (χ1v) is 8.88. The van der Waals surface area contributed by atoms with Gasteiger partial charge >= 0.3 is 5.00 Å². The molecule has 2 saturated heterocycles. The smallest absolute Gasteiger partial charge is 0.324 e. The predicted octanol–water partition coefficient (Wildman–Crippen LogP) is 1.21. The minimum absolute atomic E-state index is 0.00630. The Hall–Kier alpha value is -2.00. The van der Waals surface area contributed by atoms with Gasteiger partial charge in [-0.2, -0.15) is 0 Å². The second kappa shape index (κ2) is 6.86. The van der Waals surface area contributed by atoms with E-state index in [1.165, 1.54) is 12.1 Å². The molecule has 130 valence electrons. The van der Waals surface area contributed by atoms with E-state index in [4.69, 9.17) is 5.73 Å². The number of carbonyl (C=O) groups excluding carboxylic acids is 2. The molecule has 0 bridgehead atoms. The van der Waals surface area contributed by atoms with Crippen molar-refractivity contribution in [3.8, 4) is 0 Å². The van der Waals surface area contributed by atoms with Crippen LogP contribution < -0.4 is 5.73 Å². The van der Waals surface area contributed by atoms with E-state index in [1.807, 2.05) is 0 Å². The highest BCUT2D eigenvalue weighted by molar-refractivity contribution is 7.17. The number of carbonyl (C=O) groups is 2. The lowest BCUT2D eigenvalue weighted by atomic mass is 10.0. The van der Waals surface area contributed by atoms with E-state index in [9.17, 15) is 19.7 Å². The summed E-state index contributed by atoms with van der Waals surface area (Å²) in [6.07, 6.45) is 3.18. The highest BCUT2D eigenvalue weighted by Gasteiger charge is 2.38. The molecule has 2 N–H and O–H groups in total. The lowest BCUT2D eigenvalue weighted by Crippen LogP contribution is -2.52. The first-order valence-electron chi connectivity index (χ1n) is 8.07. The molecule has 8 nitrogen and oxygen atoms in total. The first-order chi connectivity index (χ1) is 11.5. The molecular formula is C15H20N4O4S. The maximum atomic E-state index is 12.8. The monoisotopic (exact) mass is 352 g/mol. The van der Waals surface area contributed by atoms with Crippen LogP contribution in [0.4, 0.5) is 5.00 Å². The van der Waals surface area contributed by atoms with Crippen LogP contribution in [0, 0.1) is 10.1 Å². The lowest BCUT2D eigenvalue weighted by molar-refractivity contribution is -0.380. The van der Waals surface area contributed by atoms with Gasteiger partial charge in [0.05, 0.1) is 9.80 Å². The number of hydrogen-bond donors (Lipinski definition) is 1. The molecule has 2 fully saturated rings. The number of nitrogens with zero attached hydrogens (tertiary/aromatic N) is 3. The summed E-state index contributed by atoms with van der Waals surface area (Å²) in [7, 11) is 0. The van der Waals surface area contributed by atoms with E-state index in [0.717, 1.165) is 30.6 Å². The van der Waals surface area contributed by atoms with E-state index < -0.39 is 11.0 Å². The van der Waals surface area contributed by atoms with Gasteiger partial charge in [-0.3, -0.25) is 19.7 Å². The summed E-state index contributed by atoms with van der Waals surface area (Å²) >= 11 is 0.850. The normalized spacial score (nSPS) is 24.2. The van der Waals surface area contributed by atoms with Crippen LogP contribution >= 0.6 is 11.3 Å². The summed E-state index contributed by atoms with van der Waals surface area (Å²) < 4.78 is 0. The third kappa shape index (κ3) is 3.27. The topological polar surface area (TPSA) is 110 Å². The number of likely N-dealkylation sites (tertiary alicyclic amines) is 2. The summed E-state index contributed by atoms with van der Waals surface area (Å²) in [5.74, 6) is -0.354. The van der Waals surface area contributed by atoms with Gasteiger partial charge in [-0.1, -0.05) is 11.3 Å². The second-order valence-electron chi connectivity index (χ2n) is 6.24. The van der Waals surface area contributed by atoms with Crippen molar-refractivity contribution in [2.45, 2.75) is 37.8 Å². The fraction of sp³-hybridized carbons (Fsp3) is 0.600. The number of hydrogen-bond acceptors (Lipinski definition) is 6. The Balaban J connectivity index is 1.73. The van der Waals surface area contributed by atoms with Crippen molar-refractivity contribution in [1.29, 1.82) is 0 Å². The van der Waals surface area contributed by atoms with Gasteiger partial charge in [0.25, 0.3) is 5.91 Å². The molecule has 24 heavy (non-hydrogen) atoms. The second-order valence-corrected chi connectivity index (χ2v) is 7.30. The number of thiophene rings is 1. The fourth-order valence-electron chi connectivity index (χ4n) is 3.37. The van der Waals surface area contributed by atoms with Crippen molar-refractivity contribution in [2.75, 3.05) is 19.6 Å². The van der Waals surface area contributed by atoms with Crippen LogP contribution in [-0.4, -0.2) is 58.3 Å². The number of amides is 2. The van der Waals surface area contributed by atoms with Gasteiger partial charge in [-0.25, -0.2) is 0 Å². The van der Waals surface area contributed by atoms with Gasteiger partial charge in [0, 0.05) is 31.7 Å². The molecule has 0 spiro atoms. The first kappa shape index (κ1) is 16.8. The molecule has 0 aliphatic carbocycles. The number of nitrogens with two attached hydrogens (primary N) is 1. The molecule has 2 aliphatic rings. The third-order valence-electron chi connectivity index (χ3n) is 4.55. The van der Waals surface area contributed by atoms with Crippen molar-refractivity contribution in [3.63, 3.8) is 0 Å². The largest absolute Gasteiger partial charge is 0.339 e. The van der Waals surface area contributed by atoms with Gasteiger partial charge in [-0.15, -0.1) is 0 Å². The van der Waals surface area contributed by atoms with Gasteiger partial charge in [0.1, 0.15) is 6.04 Å². The molecule has 1 aromatic rings. The Morgan fingerprint density at radius 3 is 2.67 bits per heavy atom. The average Bonchev–Trinajstić information content (AvgIpc) is 3.23. The Kier molecular flexibility index (Phi) is 4.81. The van der Waals surface area contributed by atoms with Crippen LogP contribution in [0.3, 0.4) is 0 Å². The van der Waals surface area contributed by atoms with Gasteiger partial charge in [0.2, 0.25) is 5.91 Å². The van der Waals surface area contributed by atoms with Crippen molar-refractivity contribution in [3.05, 3.63) is 27.1 Å². The van der Waals surface area contributed by atoms with Crippen LogP contribution in [0.25, 0.3) is 0 Å². The molecule has 0 aromatic carbocycles. The van der Waals surface area contributed by atoms with Gasteiger partial charge < -0.3 is 15.5 Å². The average molecular weight is 352 g/mol. The van der Waals surface area contributed by atoms with Crippen LogP contribution in [0.1, 0.15) is 35.4 Å². The molecule has 3 rings (SSSR count). The summed E-state index contributed by atoms with van der Waals surface area (Å²) in [6.45, 7) is 1.71. The highest BCUT2D eigenvalue weighted by Crippen LogP contribution is 2.29. The Bertz CT molecular complexity index is 662. The van der Waals surface area contributed by atoms with E-state index >= 15 is 0 Å². The molecular weight excluding hydrogens is 332 g/mol. The van der Waals surface area contributed by atoms with E-state index in [1.54, 1.807) is 9.80 Å². The maximum Gasteiger partial charge on any atom is 0.324 e. The molecule has 0 saturated carbocycles. The zero-order valence-corrected chi connectivity index (χ0v) is 14.0. The van der Waals surface area contributed by atoms with Crippen molar-refractivity contribution < 1.29 is 14.5 Å². The molecule has 9 heteroatoms. The zero-order chi connectivity index (χ0) is 17.3. The molecule has 2 unspecified atom stereocenters. The number of nitro groups is 1. The molecule has 0 radical (unpaired) electrons. The van der Waals surface area contributed by atoms with Crippen LogP contribution in [0.2, 0.25) is 0 Å². The van der Waals surface area contributed by atoms with E-state index in [2.05, 4.69) is 0 Å². The standard InChI is InChI=1S/C15H20N4O4S/c16-10-3-1-7-17(9-10)14(20)11-4-2-8-18(11)15(21)12-5-6-13(24-12)19(22)23/h5-6,10-11H,1-4,7-9,16H2. The molecule has 3 heterocycles. The summed E-state index contributed by atoms with van der Waals surface area (Å²) in [4.78, 5) is 39.3. The van der Waals surface area contributed by atoms with Crippen molar-refractivity contribution in [2.24, 2.45) is 5.73 Å². The summed E-state index contributed by atoms with van der Waals surface area (Å²) in [5.41, 5.74) is 5.94. The van der Waals surface area contributed by atoms with Crippen molar-refractivity contribution >= 4 is 28.2 Å². The number of rotatable bonds is 3. The lowest BCUT2D eigenvalue weighted by Gasteiger charge is -2.34. The SMILES string of the molecule is NC1CCCN(C(=O)C2CCCN2C(=O)c2ccc([N+](=O)[O-])s2)C1. The Labute approximate surface area is 143 Å². The predicted molar refractivity (Wildman–Crippen MR) is 88.8 cm³/mol. The van der Waals surface area contributed by atoms with E-state index in [0.29, 0.717) is 30.9 Å². The quantitative estimate of drug-likeness (QED) is 0.649.